The van der Waals surface area contributed by atoms with E-state index in [0.29, 0.717) is 29.2 Å². The Morgan fingerprint density at radius 1 is 1.19 bits per heavy atom. The van der Waals surface area contributed by atoms with E-state index in [1.54, 1.807) is 0 Å². The Labute approximate surface area is 189 Å². The maximum Gasteiger partial charge on any atom is 0.253 e. The van der Waals surface area contributed by atoms with Gasteiger partial charge in [0.15, 0.2) is 0 Å². The Bertz CT molecular complexity index is 1050. The molecule has 4 bridgehead atoms. The van der Waals surface area contributed by atoms with Crippen LogP contribution in [0, 0.1) is 22.7 Å². The van der Waals surface area contributed by atoms with Crippen molar-refractivity contribution in [2.45, 2.75) is 70.9 Å². The van der Waals surface area contributed by atoms with Gasteiger partial charge in [0, 0.05) is 17.1 Å². The molecule has 1 saturated heterocycles. The smallest absolute Gasteiger partial charge is 0.253 e. The van der Waals surface area contributed by atoms with Crippen LogP contribution in [0.25, 0.3) is 10.9 Å². The van der Waals surface area contributed by atoms with Crippen molar-refractivity contribution in [3.05, 3.63) is 35.0 Å². The molecular formula is C26H33ClN2O2. The van der Waals surface area contributed by atoms with Gasteiger partial charge in [0.1, 0.15) is 0 Å². The minimum Gasteiger partial charge on any atom is -0.377 e. The van der Waals surface area contributed by atoms with E-state index in [-0.39, 0.29) is 22.9 Å². The molecule has 0 spiro atoms. The second-order valence-corrected chi connectivity index (χ2v) is 12.3. The number of ether oxygens (including phenoxy) is 1. The van der Waals surface area contributed by atoms with E-state index in [1.807, 2.05) is 18.3 Å². The fourth-order valence-corrected chi connectivity index (χ4v) is 8.33. The molecule has 1 N–H and O–H groups in total. The molecule has 1 aliphatic heterocycles. The van der Waals surface area contributed by atoms with Crippen LogP contribution >= 0.6 is 11.6 Å². The standard InChI is InChI=1S/C26H33ClN2O2/c1-24(2,26-10-16-7-17(11-26)9-25(3,8-16)15-26)28-23(30)19-12-29(18-13-31-14-18)21-6-4-5-20(27)22(19)21/h4-6,12,16-18H,7-11,13-15H2,1-3H3,(H,28,30)/t16-,17+,25?,26?. The van der Waals surface area contributed by atoms with Gasteiger partial charge < -0.3 is 14.6 Å². The lowest BCUT2D eigenvalue weighted by Crippen LogP contribution is -2.64. The van der Waals surface area contributed by atoms with Gasteiger partial charge in [0.25, 0.3) is 5.91 Å². The van der Waals surface area contributed by atoms with E-state index >= 15 is 0 Å². The van der Waals surface area contributed by atoms with E-state index in [2.05, 4.69) is 36.7 Å². The average Bonchev–Trinajstić information content (AvgIpc) is 2.98. The van der Waals surface area contributed by atoms with Crippen molar-refractivity contribution in [2.75, 3.05) is 13.2 Å². The van der Waals surface area contributed by atoms with Crippen LogP contribution in [0.15, 0.2) is 24.4 Å². The van der Waals surface area contributed by atoms with Crippen LogP contribution in [0.3, 0.4) is 0 Å². The molecule has 166 valence electrons. The number of rotatable bonds is 4. The summed E-state index contributed by atoms with van der Waals surface area (Å²) in [6.45, 7) is 8.40. The molecule has 2 unspecified atom stereocenters. The summed E-state index contributed by atoms with van der Waals surface area (Å²) in [6.07, 6.45) is 9.90. The predicted octanol–water partition coefficient (Wildman–Crippen LogP) is 5.98. The number of nitrogens with one attached hydrogen (secondary N) is 1. The van der Waals surface area contributed by atoms with Crippen molar-refractivity contribution in [3.8, 4) is 0 Å². The first-order valence-corrected chi connectivity index (χ1v) is 12.3. The summed E-state index contributed by atoms with van der Waals surface area (Å²) in [5, 5.41) is 5.02. The number of fused-ring (bicyclic) bond motifs is 1. The number of benzene rings is 1. The number of aromatic nitrogens is 1. The Balaban J connectivity index is 1.35. The van der Waals surface area contributed by atoms with Crippen molar-refractivity contribution in [2.24, 2.45) is 22.7 Å². The second kappa shape index (κ2) is 6.51. The largest absolute Gasteiger partial charge is 0.377 e. The molecule has 0 radical (unpaired) electrons. The molecule has 4 nitrogen and oxygen atoms in total. The summed E-state index contributed by atoms with van der Waals surface area (Å²) >= 11 is 6.61. The molecule has 2 heterocycles. The fraction of sp³-hybridized carbons (Fsp3) is 0.654. The maximum absolute atomic E-state index is 13.7. The molecule has 5 heteroatoms. The summed E-state index contributed by atoms with van der Waals surface area (Å²) in [5.74, 6) is 1.66. The van der Waals surface area contributed by atoms with Gasteiger partial charge in [-0.15, -0.1) is 0 Å². The van der Waals surface area contributed by atoms with Crippen LogP contribution in [-0.2, 0) is 4.74 Å². The molecule has 31 heavy (non-hydrogen) atoms. The molecule has 1 aromatic heterocycles. The van der Waals surface area contributed by atoms with Gasteiger partial charge in [-0.25, -0.2) is 0 Å². The quantitative estimate of drug-likeness (QED) is 0.635. The molecule has 1 amide bonds. The monoisotopic (exact) mass is 440 g/mol. The van der Waals surface area contributed by atoms with Crippen LogP contribution in [0.1, 0.15) is 75.7 Å². The van der Waals surface area contributed by atoms with Crippen LogP contribution < -0.4 is 5.32 Å². The SMILES string of the molecule is CC12C[C@H]3C[C@@H](C1)CC(C(C)(C)NC(=O)c1cn(C4COC4)c4cccc(Cl)c14)(C3)C2. The predicted molar refractivity (Wildman–Crippen MR) is 124 cm³/mol. The number of nitrogens with zero attached hydrogens (tertiary/aromatic N) is 1. The minimum absolute atomic E-state index is 0.00277. The highest BCUT2D eigenvalue weighted by molar-refractivity contribution is 6.36. The van der Waals surface area contributed by atoms with Crippen molar-refractivity contribution in [1.29, 1.82) is 0 Å². The van der Waals surface area contributed by atoms with Crippen LogP contribution in [0.4, 0.5) is 0 Å². The highest BCUT2D eigenvalue weighted by atomic mass is 35.5. The molecule has 7 rings (SSSR count). The Morgan fingerprint density at radius 2 is 1.90 bits per heavy atom. The van der Waals surface area contributed by atoms with Gasteiger partial charge in [-0.2, -0.15) is 0 Å². The normalized spacial score (nSPS) is 34.8. The topological polar surface area (TPSA) is 43.3 Å². The highest BCUT2D eigenvalue weighted by Gasteiger charge is 2.61. The molecule has 4 saturated carbocycles. The highest BCUT2D eigenvalue weighted by Crippen LogP contribution is 2.68. The van der Waals surface area contributed by atoms with Crippen molar-refractivity contribution in [3.63, 3.8) is 0 Å². The third kappa shape index (κ3) is 2.94. The maximum atomic E-state index is 13.7. The number of carbonyl (C=O) groups is 1. The number of hydrogen-bond acceptors (Lipinski definition) is 2. The third-order valence-corrected chi connectivity index (χ3v) is 9.49. The molecule has 4 atom stereocenters. The molecule has 4 aliphatic carbocycles. The molecule has 5 fully saturated rings. The summed E-state index contributed by atoms with van der Waals surface area (Å²) < 4.78 is 7.59. The fourth-order valence-electron chi connectivity index (χ4n) is 8.06. The summed E-state index contributed by atoms with van der Waals surface area (Å²) in [6, 6.07) is 6.18. The Kier molecular flexibility index (Phi) is 4.22. The summed E-state index contributed by atoms with van der Waals surface area (Å²) in [5.41, 5.74) is 2.11. The number of halogens is 1. The first kappa shape index (κ1) is 20.1. The van der Waals surface area contributed by atoms with E-state index in [4.69, 9.17) is 16.3 Å². The molecule has 2 aromatic rings. The molecule has 5 aliphatic rings. The van der Waals surface area contributed by atoms with Gasteiger partial charge >= 0.3 is 0 Å². The molecular weight excluding hydrogens is 408 g/mol. The Morgan fingerprint density at radius 3 is 2.52 bits per heavy atom. The van der Waals surface area contributed by atoms with Crippen LogP contribution in [0.2, 0.25) is 5.02 Å². The number of hydrogen-bond donors (Lipinski definition) is 1. The lowest BCUT2D eigenvalue weighted by Gasteiger charge is -2.66. The summed E-state index contributed by atoms with van der Waals surface area (Å²) in [7, 11) is 0. The van der Waals surface area contributed by atoms with Crippen molar-refractivity contribution < 1.29 is 9.53 Å². The van der Waals surface area contributed by atoms with E-state index in [1.165, 1.54) is 38.5 Å². The van der Waals surface area contributed by atoms with Gasteiger partial charge in [-0.05, 0) is 87.2 Å². The summed E-state index contributed by atoms with van der Waals surface area (Å²) in [4.78, 5) is 13.7. The van der Waals surface area contributed by atoms with E-state index in [0.717, 1.165) is 22.7 Å². The van der Waals surface area contributed by atoms with Crippen LogP contribution in [0.5, 0.6) is 0 Å². The number of amides is 1. The zero-order chi connectivity index (χ0) is 21.6. The zero-order valence-electron chi connectivity index (χ0n) is 18.8. The van der Waals surface area contributed by atoms with Gasteiger partial charge in [0.2, 0.25) is 0 Å². The first-order valence-electron chi connectivity index (χ1n) is 11.9. The first-order chi connectivity index (χ1) is 14.7. The zero-order valence-corrected chi connectivity index (χ0v) is 19.6. The minimum atomic E-state index is -0.252. The van der Waals surface area contributed by atoms with E-state index < -0.39 is 0 Å². The molecule has 1 aromatic carbocycles. The van der Waals surface area contributed by atoms with E-state index in [9.17, 15) is 4.79 Å². The third-order valence-electron chi connectivity index (χ3n) is 9.17. The van der Waals surface area contributed by atoms with Crippen molar-refractivity contribution in [1.82, 2.24) is 9.88 Å². The average molecular weight is 441 g/mol. The van der Waals surface area contributed by atoms with Gasteiger partial charge in [0.05, 0.1) is 35.4 Å². The Hall–Kier alpha value is -1.52. The lowest BCUT2D eigenvalue weighted by atomic mass is 9.41. The van der Waals surface area contributed by atoms with Crippen molar-refractivity contribution >= 4 is 28.4 Å². The lowest BCUT2D eigenvalue weighted by molar-refractivity contribution is -0.135. The van der Waals surface area contributed by atoms with Crippen LogP contribution in [-0.4, -0.2) is 29.2 Å². The van der Waals surface area contributed by atoms with Gasteiger partial charge in [-0.3, -0.25) is 4.79 Å². The number of carbonyl (C=O) groups excluding carboxylic acids is 1. The second-order valence-electron chi connectivity index (χ2n) is 11.9. The van der Waals surface area contributed by atoms with Gasteiger partial charge in [-0.1, -0.05) is 24.6 Å².